The lowest BCUT2D eigenvalue weighted by Crippen LogP contribution is -2.45. The lowest BCUT2D eigenvalue weighted by atomic mass is 9.81. The molecule has 2 nitrogen and oxygen atoms in total. The van der Waals surface area contributed by atoms with Crippen LogP contribution in [0.15, 0.2) is 23.8 Å². The van der Waals surface area contributed by atoms with Crippen LogP contribution in [0.4, 0.5) is 0 Å². The summed E-state index contributed by atoms with van der Waals surface area (Å²) >= 11 is 0. The molecule has 0 amide bonds. The number of carbonyl (C=O) groups excluding carboxylic acids is 1. The molecule has 0 aromatic rings. The van der Waals surface area contributed by atoms with E-state index in [1.807, 2.05) is 6.08 Å². The molecule has 2 atom stereocenters. The fourth-order valence-electron chi connectivity index (χ4n) is 2.72. The van der Waals surface area contributed by atoms with E-state index in [0.29, 0.717) is 12.3 Å². The van der Waals surface area contributed by atoms with Crippen molar-refractivity contribution in [2.24, 2.45) is 5.92 Å². The maximum absolute atomic E-state index is 11.7. The Labute approximate surface area is 118 Å². The molecule has 2 aliphatic carbocycles. The zero-order valence-electron chi connectivity index (χ0n) is 12.9. The minimum atomic E-state index is -1.80. The van der Waals surface area contributed by atoms with Crippen LogP contribution in [0.25, 0.3) is 0 Å². The van der Waals surface area contributed by atoms with Crippen molar-refractivity contribution in [3.8, 4) is 0 Å². The first-order valence-corrected chi connectivity index (χ1v) is 10.1. The van der Waals surface area contributed by atoms with Gasteiger partial charge in [0.15, 0.2) is 14.1 Å². The number of ketones is 1. The van der Waals surface area contributed by atoms with Gasteiger partial charge in [-0.3, -0.25) is 4.79 Å². The second kappa shape index (κ2) is 4.71. The van der Waals surface area contributed by atoms with Crippen molar-refractivity contribution >= 4 is 14.1 Å². The van der Waals surface area contributed by atoms with E-state index in [4.69, 9.17) is 4.43 Å². The summed E-state index contributed by atoms with van der Waals surface area (Å²) in [7, 11) is -1.80. The van der Waals surface area contributed by atoms with E-state index in [1.165, 1.54) is 11.1 Å². The van der Waals surface area contributed by atoms with Crippen molar-refractivity contribution in [1.29, 1.82) is 0 Å². The van der Waals surface area contributed by atoms with Gasteiger partial charge in [-0.2, -0.15) is 0 Å². The molecule has 0 bridgehead atoms. The quantitative estimate of drug-likeness (QED) is 0.558. The lowest BCUT2D eigenvalue weighted by Gasteiger charge is -2.42. The first-order valence-electron chi connectivity index (χ1n) is 7.19. The topological polar surface area (TPSA) is 26.3 Å². The van der Waals surface area contributed by atoms with Crippen molar-refractivity contribution in [3.63, 3.8) is 0 Å². The predicted octanol–water partition coefficient (Wildman–Crippen LogP) is 4.24. The molecule has 0 aromatic heterocycles. The molecule has 0 heterocycles. The van der Waals surface area contributed by atoms with E-state index < -0.39 is 8.32 Å². The average Bonchev–Trinajstić information content (AvgIpc) is 2.56. The Morgan fingerprint density at radius 3 is 2.47 bits per heavy atom. The molecule has 106 valence electrons. The van der Waals surface area contributed by atoms with Crippen LogP contribution < -0.4 is 0 Å². The van der Waals surface area contributed by atoms with Crippen LogP contribution in [0.3, 0.4) is 0 Å². The lowest BCUT2D eigenvalue weighted by molar-refractivity contribution is -0.114. The fourth-order valence-corrected chi connectivity index (χ4v) is 4.01. The second-order valence-electron chi connectivity index (χ2n) is 7.54. The van der Waals surface area contributed by atoms with Crippen LogP contribution in [0.1, 0.15) is 40.0 Å². The van der Waals surface area contributed by atoms with Crippen LogP contribution >= 0.6 is 0 Å². The second-order valence-corrected chi connectivity index (χ2v) is 12.3. The summed E-state index contributed by atoms with van der Waals surface area (Å²) in [6.45, 7) is 15.4. The highest BCUT2D eigenvalue weighted by Crippen LogP contribution is 2.44. The fraction of sp³-hybridized carbons (Fsp3) is 0.688. The Morgan fingerprint density at radius 2 is 1.89 bits per heavy atom. The van der Waals surface area contributed by atoms with Crippen molar-refractivity contribution in [2.75, 3.05) is 0 Å². The number of hydrogen-bond acceptors (Lipinski definition) is 2. The smallest absolute Gasteiger partial charge is 0.192 e. The van der Waals surface area contributed by atoms with Crippen molar-refractivity contribution in [1.82, 2.24) is 0 Å². The van der Waals surface area contributed by atoms with E-state index in [0.717, 1.165) is 12.8 Å². The summed E-state index contributed by atoms with van der Waals surface area (Å²) in [6.07, 6.45) is 4.45. The number of rotatable bonds is 2. The minimum Gasteiger partial charge on any atom is -0.410 e. The third-order valence-corrected chi connectivity index (χ3v) is 9.36. The SMILES string of the molecule is C=C1C[C@H]2CC(=O)C=C2[C@H](O[Si](C)(C)C(C)(C)C)C1. The standard InChI is InChI=1S/C16H26O2Si/c1-11-7-12-9-13(17)10-14(12)15(8-11)18-19(5,6)16(2,3)4/h10,12,15H,1,7-9H2,2-6H3/t12-,15+/m0/s1. The molecule has 0 radical (unpaired) electrons. The highest BCUT2D eigenvalue weighted by atomic mass is 28.4. The van der Waals surface area contributed by atoms with Gasteiger partial charge in [-0.25, -0.2) is 0 Å². The Kier molecular flexibility index (Phi) is 3.65. The molecule has 0 saturated heterocycles. The van der Waals surface area contributed by atoms with Crippen LogP contribution in [-0.4, -0.2) is 20.2 Å². The Bertz CT molecular complexity index is 440. The van der Waals surface area contributed by atoms with Crippen molar-refractivity contribution in [2.45, 2.75) is 64.3 Å². The van der Waals surface area contributed by atoms with Crippen molar-refractivity contribution in [3.05, 3.63) is 23.8 Å². The van der Waals surface area contributed by atoms with Gasteiger partial charge in [-0.15, -0.1) is 0 Å². The largest absolute Gasteiger partial charge is 0.410 e. The third kappa shape index (κ3) is 2.92. The molecule has 0 aromatic carbocycles. The summed E-state index contributed by atoms with van der Waals surface area (Å²) in [4.78, 5) is 11.7. The molecule has 19 heavy (non-hydrogen) atoms. The van der Waals surface area contributed by atoms with Gasteiger partial charge in [0.05, 0.1) is 6.10 Å². The Hall–Kier alpha value is -0.673. The summed E-state index contributed by atoms with van der Waals surface area (Å²) in [6, 6.07) is 0. The molecular weight excluding hydrogens is 252 g/mol. The van der Waals surface area contributed by atoms with Crippen LogP contribution in [0, 0.1) is 5.92 Å². The summed E-state index contributed by atoms with van der Waals surface area (Å²) < 4.78 is 6.53. The van der Waals surface area contributed by atoms with E-state index >= 15 is 0 Å². The molecule has 3 heteroatoms. The minimum absolute atomic E-state index is 0.0959. The van der Waals surface area contributed by atoms with Gasteiger partial charge in [0.2, 0.25) is 0 Å². The number of hydrogen-bond donors (Lipinski definition) is 0. The number of carbonyl (C=O) groups is 1. The first-order chi connectivity index (χ1) is 8.60. The maximum atomic E-state index is 11.7. The van der Waals surface area contributed by atoms with Gasteiger partial charge in [-0.05, 0) is 48.5 Å². The molecule has 0 unspecified atom stereocenters. The molecule has 0 N–H and O–H groups in total. The monoisotopic (exact) mass is 278 g/mol. The molecule has 0 aliphatic heterocycles. The van der Waals surface area contributed by atoms with Gasteiger partial charge in [0, 0.05) is 6.42 Å². The summed E-state index contributed by atoms with van der Waals surface area (Å²) in [5.41, 5.74) is 2.47. The van der Waals surface area contributed by atoms with E-state index in [1.54, 1.807) is 0 Å². The van der Waals surface area contributed by atoms with E-state index in [9.17, 15) is 4.79 Å². The summed E-state index contributed by atoms with van der Waals surface area (Å²) in [5, 5.41) is 0.199. The zero-order chi connectivity index (χ0) is 14.4. The molecule has 1 saturated carbocycles. The Balaban J connectivity index is 2.21. The highest BCUT2D eigenvalue weighted by Gasteiger charge is 2.43. The first kappa shape index (κ1) is 14.7. The molecule has 2 rings (SSSR count). The normalized spacial score (nSPS) is 28.4. The number of fused-ring (bicyclic) bond motifs is 1. The molecular formula is C16H26O2Si. The average molecular weight is 278 g/mol. The Morgan fingerprint density at radius 1 is 1.26 bits per heavy atom. The van der Waals surface area contributed by atoms with Gasteiger partial charge in [0.1, 0.15) is 0 Å². The van der Waals surface area contributed by atoms with E-state index in [2.05, 4.69) is 40.4 Å². The maximum Gasteiger partial charge on any atom is 0.192 e. The summed E-state index contributed by atoms with van der Waals surface area (Å²) in [5.74, 6) is 0.627. The van der Waals surface area contributed by atoms with Gasteiger partial charge >= 0.3 is 0 Å². The van der Waals surface area contributed by atoms with Crippen LogP contribution in [0.2, 0.25) is 18.1 Å². The van der Waals surface area contributed by atoms with Gasteiger partial charge < -0.3 is 4.43 Å². The van der Waals surface area contributed by atoms with Gasteiger partial charge in [0.25, 0.3) is 0 Å². The van der Waals surface area contributed by atoms with Crippen LogP contribution in [0.5, 0.6) is 0 Å². The predicted molar refractivity (Wildman–Crippen MR) is 81.6 cm³/mol. The zero-order valence-corrected chi connectivity index (χ0v) is 13.9. The third-order valence-electron chi connectivity index (χ3n) is 4.87. The molecule has 1 fully saturated rings. The molecule has 2 aliphatic rings. The van der Waals surface area contributed by atoms with E-state index in [-0.39, 0.29) is 16.9 Å². The van der Waals surface area contributed by atoms with Crippen LogP contribution in [-0.2, 0) is 9.22 Å². The van der Waals surface area contributed by atoms with Gasteiger partial charge in [-0.1, -0.05) is 32.9 Å². The highest BCUT2D eigenvalue weighted by molar-refractivity contribution is 6.74. The number of allylic oxidation sites excluding steroid dienone is 1. The van der Waals surface area contributed by atoms with Crippen molar-refractivity contribution < 1.29 is 9.22 Å². The molecule has 0 spiro atoms.